The third-order valence-corrected chi connectivity index (χ3v) is 2.75. The predicted molar refractivity (Wildman–Crippen MR) is 63.4 cm³/mol. The van der Waals surface area contributed by atoms with Crippen LogP contribution in [-0.2, 0) is 0 Å². The largest absolute Gasteiger partial charge is 0.468 e. The zero-order chi connectivity index (χ0) is 9.80. The molecule has 0 aliphatic carbocycles. The Kier molecular flexibility index (Phi) is 5.15. The summed E-state index contributed by atoms with van der Waals surface area (Å²) in [5, 5.41) is 6.96. The van der Waals surface area contributed by atoms with E-state index in [1.807, 2.05) is 12.1 Å². The first kappa shape index (κ1) is 12.6. The minimum atomic E-state index is 0. The van der Waals surface area contributed by atoms with E-state index in [2.05, 4.69) is 17.6 Å². The lowest BCUT2D eigenvalue weighted by Crippen LogP contribution is -2.43. The van der Waals surface area contributed by atoms with Crippen LogP contribution < -0.4 is 10.6 Å². The van der Waals surface area contributed by atoms with Crippen molar-refractivity contribution in [1.29, 1.82) is 0 Å². The molecule has 0 aromatic carbocycles. The molecular weight excluding hydrogens is 212 g/mol. The molecule has 2 atom stereocenters. The fourth-order valence-corrected chi connectivity index (χ4v) is 1.97. The topological polar surface area (TPSA) is 37.2 Å². The molecule has 3 nitrogen and oxygen atoms in total. The number of halogens is 1. The first-order valence-electron chi connectivity index (χ1n) is 5.36. The number of nitrogens with one attached hydrogen (secondary N) is 2. The summed E-state index contributed by atoms with van der Waals surface area (Å²) in [7, 11) is 0. The molecule has 15 heavy (non-hydrogen) atoms. The molecule has 0 bridgehead atoms. The van der Waals surface area contributed by atoms with Crippen LogP contribution in [0.4, 0.5) is 0 Å². The molecule has 2 N–H and O–H groups in total. The maximum Gasteiger partial charge on any atom is 0.120 e. The average Bonchev–Trinajstić information content (AvgIpc) is 2.72. The number of piperidine rings is 1. The standard InChI is InChI=1S/C11H18N2O.ClH/c1-9(11-5-3-7-14-11)13-10-4-2-6-12-8-10;/h3,5,7,9-10,12-13H,2,4,6,8H2,1H3;1H. The number of rotatable bonds is 3. The van der Waals surface area contributed by atoms with Crippen molar-refractivity contribution in [3.63, 3.8) is 0 Å². The minimum absolute atomic E-state index is 0. The smallest absolute Gasteiger partial charge is 0.120 e. The van der Waals surface area contributed by atoms with Gasteiger partial charge < -0.3 is 15.1 Å². The van der Waals surface area contributed by atoms with Gasteiger partial charge in [-0.3, -0.25) is 0 Å². The van der Waals surface area contributed by atoms with Crippen LogP contribution in [0.25, 0.3) is 0 Å². The zero-order valence-electron chi connectivity index (χ0n) is 9.03. The molecule has 0 spiro atoms. The van der Waals surface area contributed by atoms with Crippen LogP contribution in [0.3, 0.4) is 0 Å². The molecule has 1 fully saturated rings. The van der Waals surface area contributed by atoms with E-state index in [9.17, 15) is 0 Å². The first-order valence-corrected chi connectivity index (χ1v) is 5.36. The monoisotopic (exact) mass is 230 g/mol. The summed E-state index contributed by atoms with van der Waals surface area (Å²) in [6.45, 7) is 4.38. The van der Waals surface area contributed by atoms with Gasteiger partial charge in [0.1, 0.15) is 5.76 Å². The Hall–Kier alpha value is -0.510. The highest BCUT2D eigenvalue weighted by molar-refractivity contribution is 5.85. The molecule has 1 aliphatic rings. The summed E-state index contributed by atoms with van der Waals surface area (Å²) in [6.07, 6.45) is 4.26. The van der Waals surface area contributed by atoms with Gasteiger partial charge in [0.2, 0.25) is 0 Å². The van der Waals surface area contributed by atoms with Crippen LogP contribution >= 0.6 is 12.4 Å². The molecule has 0 radical (unpaired) electrons. The van der Waals surface area contributed by atoms with E-state index >= 15 is 0 Å². The van der Waals surface area contributed by atoms with Crippen LogP contribution in [0.1, 0.15) is 31.6 Å². The molecule has 1 aliphatic heterocycles. The van der Waals surface area contributed by atoms with Crippen molar-refractivity contribution < 1.29 is 4.42 Å². The fraction of sp³-hybridized carbons (Fsp3) is 0.636. The van der Waals surface area contributed by atoms with Crippen molar-refractivity contribution in [3.8, 4) is 0 Å². The Balaban J connectivity index is 0.00000112. The highest BCUT2D eigenvalue weighted by Gasteiger charge is 2.16. The molecule has 2 unspecified atom stereocenters. The van der Waals surface area contributed by atoms with E-state index in [0.717, 1.165) is 18.8 Å². The van der Waals surface area contributed by atoms with E-state index in [-0.39, 0.29) is 12.4 Å². The Bertz CT molecular complexity index is 258. The van der Waals surface area contributed by atoms with Gasteiger partial charge in [0, 0.05) is 12.6 Å². The Labute approximate surface area is 97.0 Å². The second kappa shape index (κ2) is 6.16. The molecule has 1 saturated heterocycles. The summed E-state index contributed by atoms with van der Waals surface area (Å²) < 4.78 is 5.35. The third kappa shape index (κ3) is 3.52. The summed E-state index contributed by atoms with van der Waals surface area (Å²) in [5.41, 5.74) is 0. The van der Waals surface area contributed by atoms with Crippen molar-refractivity contribution in [1.82, 2.24) is 10.6 Å². The van der Waals surface area contributed by atoms with E-state index in [0.29, 0.717) is 12.1 Å². The number of hydrogen-bond acceptors (Lipinski definition) is 3. The lowest BCUT2D eigenvalue weighted by Gasteiger charge is -2.26. The van der Waals surface area contributed by atoms with E-state index in [4.69, 9.17) is 4.42 Å². The molecule has 1 aromatic heterocycles. The lowest BCUT2D eigenvalue weighted by molar-refractivity contribution is 0.335. The molecule has 2 heterocycles. The van der Waals surface area contributed by atoms with Gasteiger partial charge >= 0.3 is 0 Å². The summed E-state index contributed by atoms with van der Waals surface area (Å²) >= 11 is 0. The van der Waals surface area contributed by atoms with Crippen molar-refractivity contribution in [3.05, 3.63) is 24.2 Å². The van der Waals surface area contributed by atoms with Crippen molar-refractivity contribution in [2.75, 3.05) is 13.1 Å². The highest BCUT2D eigenvalue weighted by atomic mass is 35.5. The van der Waals surface area contributed by atoms with Crippen molar-refractivity contribution in [2.45, 2.75) is 31.8 Å². The van der Waals surface area contributed by atoms with Gasteiger partial charge in [0.25, 0.3) is 0 Å². The van der Waals surface area contributed by atoms with Crippen LogP contribution in [-0.4, -0.2) is 19.1 Å². The fourth-order valence-electron chi connectivity index (χ4n) is 1.97. The van der Waals surface area contributed by atoms with Gasteiger partial charge in [-0.05, 0) is 38.4 Å². The minimum Gasteiger partial charge on any atom is -0.468 e. The SMILES string of the molecule is CC(NC1CCCNC1)c1ccco1.Cl. The van der Waals surface area contributed by atoms with Crippen molar-refractivity contribution in [2.24, 2.45) is 0 Å². The summed E-state index contributed by atoms with van der Waals surface area (Å²) in [6, 6.07) is 4.86. The number of furan rings is 1. The van der Waals surface area contributed by atoms with Gasteiger partial charge in [0.15, 0.2) is 0 Å². The molecule has 4 heteroatoms. The Morgan fingerprint density at radius 2 is 2.47 bits per heavy atom. The molecule has 86 valence electrons. The maximum absolute atomic E-state index is 5.35. The quantitative estimate of drug-likeness (QED) is 0.835. The first-order chi connectivity index (χ1) is 6.86. The molecule has 2 rings (SSSR count). The Morgan fingerprint density at radius 3 is 3.07 bits per heavy atom. The number of hydrogen-bond donors (Lipinski definition) is 2. The van der Waals surface area contributed by atoms with Crippen LogP contribution in [0.5, 0.6) is 0 Å². The second-order valence-electron chi connectivity index (χ2n) is 3.95. The summed E-state index contributed by atoms with van der Waals surface area (Å²) in [4.78, 5) is 0. The van der Waals surface area contributed by atoms with Gasteiger partial charge in [-0.1, -0.05) is 0 Å². The van der Waals surface area contributed by atoms with Crippen LogP contribution in [0.2, 0.25) is 0 Å². The van der Waals surface area contributed by atoms with Gasteiger partial charge in [-0.15, -0.1) is 12.4 Å². The van der Waals surface area contributed by atoms with E-state index in [1.54, 1.807) is 6.26 Å². The van der Waals surface area contributed by atoms with E-state index in [1.165, 1.54) is 12.8 Å². The Morgan fingerprint density at radius 1 is 1.60 bits per heavy atom. The lowest BCUT2D eigenvalue weighted by atomic mass is 10.1. The van der Waals surface area contributed by atoms with Crippen LogP contribution in [0.15, 0.2) is 22.8 Å². The molecule has 0 amide bonds. The van der Waals surface area contributed by atoms with Gasteiger partial charge in [-0.25, -0.2) is 0 Å². The second-order valence-corrected chi connectivity index (χ2v) is 3.95. The maximum atomic E-state index is 5.35. The van der Waals surface area contributed by atoms with E-state index < -0.39 is 0 Å². The van der Waals surface area contributed by atoms with Gasteiger partial charge in [-0.2, -0.15) is 0 Å². The van der Waals surface area contributed by atoms with Gasteiger partial charge in [0.05, 0.1) is 12.3 Å². The summed E-state index contributed by atoms with van der Waals surface area (Å²) in [5.74, 6) is 1.02. The van der Waals surface area contributed by atoms with Crippen molar-refractivity contribution >= 4 is 12.4 Å². The predicted octanol–water partition coefficient (Wildman–Crippen LogP) is 2.10. The zero-order valence-corrected chi connectivity index (χ0v) is 9.85. The molecule has 0 saturated carbocycles. The normalized spacial score (nSPS) is 23.1. The average molecular weight is 231 g/mol. The molecule has 1 aromatic rings. The molecular formula is C11H19ClN2O. The highest BCUT2D eigenvalue weighted by Crippen LogP contribution is 2.14. The van der Waals surface area contributed by atoms with Crippen LogP contribution in [0, 0.1) is 0 Å². The third-order valence-electron chi connectivity index (χ3n) is 2.75.